The SMILES string of the molecule is COC(C)c1nc(NC[C@@H](N)Cc2ccc(CF)cc2)sc1-c1ccc2cnccc2c1. The number of hydrogen-bond acceptors (Lipinski definition) is 6. The number of hydrogen-bond donors (Lipinski definition) is 2. The first-order valence-corrected chi connectivity index (χ1v) is 11.4. The van der Waals surface area contributed by atoms with Crippen molar-refractivity contribution in [3.8, 4) is 10.4 Å². The zero-order valence-electron chi connectivity index (χ0n) is 18.2. The van der Waals surface area contributed by atoms with Crippen LogP contribution in [0.25, 0.3) is 21.2 Å². The number of benzene rings is 2. The summed E-state index contributed by atoms with van der Waals surface area (Å²) in [6.07, 6.45) is 4.24. The van der Waals surface area contributed by atoms with Crippen LogP contribution in [0.2, 0.25) is 0 Å². The van der Waals surface area contributed by atoms with Gasteiger partial charge in [0.2, 0.25) is 0 Å². The lowest BCUT2D eigenvalue weighted by atomic mass is 10.1. The third-order valence-corrected chi connectivity index (χ3v) is 6.56. The normalized spacial score (nSPS) is 13.2. The Balaban J connectivity index is 1.50. The van der Waals surface area contributed by atoms with Crippen molar-refractivity contribution in [1.29, 1.82) is 0 Å². The van der Waals surface area contributed by atoms with Gasteiger partial charge in [-0.15, -0.1) is 0 Å². The van der Waals surface area contributed by atoms with E-state index in [-0.39, 0.29) is 12.1 Å². The molecular formula is C25H27FN4OS. The largest absolute Gasteiger partial charge is 0.375 e. The number of aromatic nitrogens is 2. The standard InChI is InChI=1S/C25H27FN4OS/c1-16(31-2)23-24(20-7-8-21-14-28-10-9-19(21)12-20)32-25(30-23)29-15-22(27)11-17-3-5-18(13-26)6-4-17/h3-10,12,14,16,22H,11,13,15,27H2,1-2H3,(H,29,30)/t16?,22-/m0/s1. The van der Waals surface area contributed by atoms with Gasteiger partial charge in [0.1, 0.15) is 6.67 Å². The van der Waals surface area contributed by atoms with Gasteiger partial charge in [-0.1, -0.05) is 47.7 Å². The number of pyridine rings is 1. The topological polar surface area (TPSA) is 73.1 Å². The van der Waals surface area contributed by atoms with Crippen LogP contribution in [0.5, 0.6) is 0 Å². The molecule has 0 fully saturated rings. The maximum absolute atomic E-state index is 12.7. The number of halogens is 1. The first-order valence-electron chi connectivity index (χ1n) is 10.6. The van der Waals surface area contributed by atoms with Crippen molar-refractivity contribution in [2.45, 2.75) is 32.2 Å². The minimum Gasteiger partial charge on any atom is -0.375 e. The summed E-state index contributed by atoms with van der Waals surface area (Å²) >= 11 is 1.60. The van der Waals surface area contributed by atoms with E-state index in [4.69, 9.17) is 15.5 Å². The zero-order chi connectivity index (χ0) is 22.5. The lowest BCUT2D eigenvalue weighted by Gasteiger charge is -2.12. The number of nitrogens with one attached hydrogen (secondary N) is 1. The van der Waals surface area contributed by atoms with Crippen LogP contribution in [-0.4, -0.2) is 29.7 Å². The minimum atomic E-state index is -0.448. The summed E-state index contributed by atoms with van der Waals surface area (Å²) in [7, 11) is 1.69. The van der Waals surface area contributed by atoms with Crippen LogP contribution in [0.3, 0.4) is 0 Å². The van der Waals surface area contributed by atoms with E-state index in [1.54, 1.807) is 36.8 Å². The molecular weight excluding hydrogens is 423 g/mol. The molecule has 0 radical (unpaired) electrons. The summed E-state index contributed by atoms with van der Waals surface area (Å²) in [6, 6.07) is 15.7. The molecule has 166 valence electrons. The highest BCUT2D eigenvalue weighted by molar-refractivity contribution is 7.19. The van der Waals surface area contributed by atoms with E-state index in [1.807, 2.05) is 31.3 Å². The maximum Gasteiger partial charge on any atom is 0.183 e. The second-order valence-corrected chi connectivity index (χ2v) is 8.84. The molecule has 0 amide bonds. The van der Waals surface area contributed by atoms with Crippen molar-refractivity contribution in [3.63, 3.8) is 0 Å². The Labute approximate surface area is 191 Å². The van der Waals surface area contributed by atoms with Gasteiger partial charge >= 0.3 is 0 Å². The number of nitrogens with two attached hydrogens (primary N) is 1. The van der Waals surface area contributed by atoms with Crippen LogP contribution in [0.15, 0.2) is 60.9 Å². The Hall–Kier alpha value is -2.87. The van der Waals surface area contributed by atoms with Crippen molar-refractivity contribution >= 4 is 27.2 Å². The van der Waals surface area contributed by atoms with Gasteiger partial charge in [-0.25, -0.2) is 9.37 Å². The molecule has 0 saturated carbocycles. The number of alkyl halides is 1. The van der Waals surface area contributed by atoms with Crippen LogP contribution >= 0.6 is 11.3 Å². The Morgan fingerprint density at radius 1 is 1.09 bits per heavy atom. The third kappa shape index (κ3) is 5.12. The molecule has 0 aliphatic carbocycles. The van der Waals surface area contributed by atoms with Crippen molar-refractivity contribution in [2.75, 3.05) is 19.0 Å². The summed E-state index contributed by atoms with van der Waals surface area (Å²) in [5.74, 6) is 0. The van der Waals surface area contributed by atoms with E-state index >= 15 is 0 Å². The first kappa shape index (κ1) is 22.3. The molecule has 7 heteroatoms. The highest BCUT2D eigenvalue weighted by Crippen LogP contribution is 2.38. The number of anilines is 1. The number of nitrogens with zero attached hydrogens (tertiary/aromatic N) is 2. The van der Waals surface area contributed by atoms with Crippen LogP contribution in [0, 0.1) is 0 Å². The predicted molar refractivity (Wildman–Crippen MR) is 130 cm³/mol. The van der Waals surface area contributed by atoms with Gasteiger partial charge in [0.05, 0.1) is 16.7 Å². The lowest BCUT2D eigenvalue weighted by molar-refractivity contribution is 0.117. The van der Waals surface area contributed by atoms with E-state index in [1.165, 1.54) is 0 Å². The lowest BCUT2D eigenvalue weighted by Crippen LogP contribution is -2.31. The predicted octanol–water partition coefficient (Wildman–Crippen LogP) is 5.52. The van der Waals surface area contributed by atoms with Gasteiger partial charge in [-0.2, -0.15) is 0 Å². The molecule has 2 heterocycles. The van der Waals surface area contributed by atoms with Gasteiger partial charge in [-0.3, -0.25) is 4.98 Å². The van der Waals surface area contributed by atoms with Crippen molar-refractivity contribution in [1.82, 2.24) is 9.97 Å². The highest BCUT2D eigenvalue weighted by atomic mass is 32.1. The molecule has 0 aliphatic rings. The molecule has 4 aromatic rings. The summed E-state index contributed by atoms with van der Waals surface area (Å²) in [6.45, 7) is 2.14. The monoisotopic (exact) mass is 450 g/mol. The summed E-state index contributed by atoms with van der Waals surface area (Å²) in [5, 5.41) is 6.45. The Morgan fingerprint density at radius 2 is 1.88 bits per heavy atom. The van der Waals surface area contributed by atoms with Gasteiger partial charge in [0.15, 0.2) is 5.13 Å². The van der Waals surface area contributed by atoms with Crippen LogP contribution in [0.1, 0.15) is 29.8 Å². The van der Waals surface area contributed by atoms with E-state index in [2.05, 4.69) is 28.5 Å². The van der Waals surface area contributed by atoms with Crippen LogP contribution in [0.4, 0.5) is 9.52 Å². The van der Waals surface area contributed by atoms with E-state index in [9.17, 15) is 4.39 Å². The Morgan fingerprint density at radius 3 is 2.62 bits per heavy atom. The fraction of sp³-hybridized carbons (Fsp3) is 0.280. The third-order valence-electron chi connectivity index (χ3n) is 5.49. The Kier molecular flexibility index (Phi) is 7.09. The summed E-state index contributed by atoms with van der Waals surface area (Å²) < 4.78 is 18.3. The summed E-state index contributed by atoms with van der Waals surface area (Å²) in [5.41, 5.74) is 10.1. The van der Waals surface area contributed by atoms with Crippen LogP contribution < -0.4 is 11.1 Å². The molecule has 0 aliphatic heterocycles. The van der Waals surface area contributed by atoms with Crippen molar-refractivity contribution in [2.24, 2.45) is 5.73 Å². The number of thiazole rings is 1. The quantitative estimate of drug-likeness (QED) is 0.351. The van der Waals surface area contributed by atoms with E-state index in [0.29, 0.717) is 18.5 Å². The number of fused-ring (bicyclic) bond motifs is 1. The molecule has 5 nitrogen and oxygen atoms in total. The average molecular weight is 451 g/mol. The van der Waals surface area contributed by atoms with Crippen LogP contribution in [-0.2, 0) is 17.8 Å². The van der Waals surface area contributed by atoms with E-state index < -0.39 is 6.67 Å². The molecule has 0 spiro atoms. The van der Waals surface area contributed by atoms with Gasteiger partial charge in [0.25, 0.3) is 0 Å². The van der Waals surface area contributed by atoms with Gasteiger partial charge in [0, 0.05) is 37.5 Å². The smallest absolute Gasteiger partial charge is 0.183 e. The molecule has 0 saturated heterocycles. The van der Waals surface area contributed by atoms with Crippen molar-refractivity contribution in [3.05, 3.63) is 77.7 Å². The van der Waals surface area contributed by atoms with E-state index in [0.717, 1.165) is 37.6 Å². The Bertz CT molecular complexity index is 1180. The number of methoxy groups -OCH3 is 1. The zero-order valence-corrected chi connectivity index (χ0v) is 19.0. The second-order valence-electron chi connectivity index (χ2n) is 7.84. The molecule has 2 aromatic carbocycles. The van der Waals surface area contributed by atoms with Gasteiger partial charge in [-0.05, 0) is 47.6 Å². The summed E-state index contributed by atoms with van der Waals surface area (Å²) in [4.78, 5) is 10.1. The fourth-order valence-electron chi connectivity index (χ4n) is 3.58. The molecule has 2 atom stereocenters. The second kappa shape index (κ2) is 10.2. The van der Waals surface area contributed by atoms with Gasteiger partial charge < -0.3 is 15.8 Å². The molecule has 1 unspecified atom stereocenters. The molecule has 0 bridgehead atoms. The molecule has 3 N–H and O–H groups in total. The molecule has 4 rings (SSSR count). The molecule has 2 aromatic heterocycles. The number of rotatable bonds is 9. The number of ether oxygens (including phenoxy) is 1. The minimum absolute atomic E-state index is 0.0879. The first-order chi connectivity index (χ1) is 15.6. The maximum atomic E-state index is 12.7. The van der Waals surface area contributed by atoms with Crippen molar-refractivity contribution < 1.29 is 9.13 Å². The average Bonchev–Trinajstić information content (AvgIpc) is 3.27. The fourth-order valence-corrected chi connectivity index (χ4v) is 4.64. The molecule has 32 heavy (non-hydrogen) atoms. The highest BCUT2D eigenvalue weighted by Gasteiger charge is 2.19.